The van der Waals surface area contributed by atoms with Crippen molar-refractivity contribution in [1.29, 1.82) is 0 Å². The Balaban J connectivity index is 1.80. The summed E-state index contributed by atoms with van der Waals surface area (Å²) in [4.78, 5) is 3.30. The number of aryl methyl sites for hydroxylation is 2. The normalized spacial score (nSPS) is 11.3. The van der Waals surface area contributed by atoms with Gasteiger partial charge in [0.15, 0.2) is 0 Å². The van der Waals surface area contributed by atoms with Crippen molar-refractivity contribution in [3.05, 3.63) is 17.7 Å². The van der Waals surface area contributed by atoms with E-state index in [1.54, 1.807) is 0 Å². The molecule has 0 aliphatic rings. The Kier molecular flexibility index (Phi) is 12.0. The lowest BCUT2D eigenvalue weighted by Crippen LogP contribution is -2.37. The molecule has 0 radical (unpaired) electrons. The summed E-state index contributed by atoms with van der Waals surface area (Å²) < 4.78 is 2.40. The van der Waals surface area contributed by atoms with Crippen LogP contribution in [0.5, 0.6) is 0 Å². The van der Waals surface area contributed by atoms with Crippen LogP contribution in [-0.2, 0) is 6.54 Å². The fourth-order valence-corrected chi connectivity index (χ4v) is 3.44. The molecule has 1 aromatic heterocycles. The van der Waals surface area contributed by atoms with Gasteiger partial charge < -0.3 is 0 Å². The van der Waals surface area contributed by atoms with Crippen LogP contribution in [0.3, 0.4) is 0 Å². The third kappa shape index (κ3) is 9.84. The van der Waals surface area contributed by atoms with Gasteiger partial charge in [0.25, 0.3) is 5.82 Å². The van der Waals surface area contributed by atoms with Gasteiger partial charge in [-0.1, -0.05) is 84.0 Å². The largest absolute Gasteiger partial charge is 0.251 e. The van der Waals surface area contributed by atoms with E-state index >= 15 is 0 Å². The van der Waals surface area contributed by atoms with E-state index in [1.165, 1.54) is 108 Å². The van der Waals surface area contributed by atoms with Crippen molar-refractivity contribution in [3.63, 3.8) is 0 Å². The average molecular weight is 322 g/mol. The second-order valence-corrected chi connectivity index (χ2v) is 7.26. The van der Waals surface area contributed by atoms with Gasteiger partial charge in [0.2, 0.25) is 0 Å². The number of nitrogens with zero attached hydrogens (tertiary/aromatic N) is 1. The number of H-pyrrole nitrogens is 1. The number of hydrogen-bond donors (Lipinski definition) is 1. The lowest BCUT2D eigenvalue weighted by atomic mass is 10.0. The number of hydrogen-bond acceptors (Lipinski definition) is 0. The van der Waals surface area contributed by atoms with Gasteiger partial charge >= 0.3 is 0 Å². The first-order chi connectivity index (χ1) is 11.3. The Morgan fingerprint density at radius 3 is 1.52 bits per heavy atom. The molecule has 134 valence electrons. The van der Waals surface area contributed by atoms with Crippen LogP contribution >= 0.6 is 0 Å². The molecule has 1 aromatic rings. The highest BCUT2D eigenvalue weighted by atomic mass is 15.1. The van der Waals surface area contributed by atoms with Crippen molar-refractivity contribution >= 4 is 0 Å². The lowest BCUT2D eigenvalue weighted by Gasteiger charge is -2.03. The van der Waals surface area contributed by atoms with Crippen molar-refractivity contribution < 1.29 is 4.57 Å². The molecule has 0 aromatic carbocycles. The predicted molar refractivity (Wildman–Crippen MR) is 101 cm³/mol. The Hall–Kier alpha value is -0.790. The van der Waals surface area contributed by atoms with Gasteiger partial charge in [-0.3, -0.25) is 0 Å². The summed E-state index contributed by atoms with van der Waals surface area (Å²) in [6.07, 6.45) is 22.2. The monoisotopic (exact) mass is 321 g/mol. The maximum absolute atomic E-state index is 3.30. The molecule has 0 unspecified atom stereocenters. The minimum Gasteiger partial charge on any atom is -0.248 e. The highest BCUT2D eigenvalue weighted by Gasteiger charge is 2.08. The van der Waals surface area contributed by atoms with Gasteiger partial charge in [-0.05, 0) is 12.8 Å². The molecule has 0 amide bonds. The highest BCUT2D eigenvalue weighted by molar-refractivity contribution is 4.85. The molecule has 0 atom stereocenters. The van der Waals surface area contributed by atoms with Crippen LogP contribution in [0.15, 0.2) is 6.20 Å². The van der Waals surface area contributed by atoms with E-state index in [9.17, 15) is 0 Å². The minimum absolute atomic E-state index is 1.18. The van der Waals surface area contributed by atoms with Gasteiger partial charge in [-0.25, -0.2) is 9.55 Å². The quantitative estimate of drug-likeness (QED) is 0.285. The molecule has 0 saturated heterocycles. The van der Waals surface area contributed by atoms with E-state index in [4.69, 9.17) is 0 Å². The third-order valence-electron chi connectivity index (χ3n) is 5.06. The molecule has 1 rings (SSSR count). The van der Waals surface area contributed by atoms with Crippen molar-refractivity contribution in [2.45, 2.75) is 117 Å². The molecule has 0 bridgehead atoms. The zero-order valence-electron chi connectivity index (χ0n) is 16.1. The summed E-state index contributed by atoms with van der Waals surface area (Å²) in [5, 5.41) is 0. The molecule has 1 heterocycles. The van der Waals surface area contributed by atoms with Crippen LogP contribution in [0.1, 0.15) is 108 Å². The Labute approximate surface area is 145 Å². The van der Waals surface area contributed by atoms with Crippen LogP contribution in [0, 0.1) is 13.8 Å². The van der Waals surface area contributed by atoms with Gasteiger partial charge in [0, 0.05) is 13.8 Å². The second kappa shape index (κ2) is 13.6. The number of aromatic amines is 1. The summed E-state index contributed by atoms with van der Waals surface area (Å²) in [5.74, 6) is 1.29. The number of nitrogens with one attached hydrogen (secondary N) is 1. The second-order valence-electron chi connectivity index (χ2n) is 7.26. The van der Waals surface area contributed by atoms with Crippen LogP contribution in [-0.4, -0.2) is 4.98 Å². The van der Waals surface area contributed by atoms with Crippen LogP contribution in [0.2, 0.25) is 0 Å². The molecule has 0 aliphatic heterocycles. The molecule has 0 saturated carbocycles. The van der Waals surface area contributed by atoms with Crippen LogP contribution < -0.4 is 4.57 Å². The molecule has 0 fully saturated rings. The zero-order valence-corrected chi connectivity index (χ0v) is 16.1. The zero-order chi connectivity index (χ0) is 16.8. The van der Waals surface area contributed by atoms with Crippen LogP contribution in [0.25, 0.3) is 0 Å². The molecule has 0 aliphatic carbocycles. The summed E-state index contributed by atoms with van der Waals surface area (Å²) in [6.45, 7) is 7.82. The summed E-state index contributed by atoms with van der Waals surface area (Å²) in [6, 6.07) is 0. The molecule has 1 N–H and O–H groups in total. The lowest BCUT2D eigenvalue weighted by molar-refractivity contribution is -0.707. The van der Waals surface area contributed by atoms with Crippen molar-refractivity contribution in [2.24, 2.45) is 0 Å². The Bertz CT molecular complexity index is 362. The first-order valence-electron chi connectivity index (χ1n) is 10.3. The standard InChI is InChI=1S/C21H40N2/c1-4-5-6-7-8-9-10-11-12-13-14-15-16-17-18-23-20(2)19-22-21(23)3/h19H,4-18H2,1-3H3/p+1. The number of aromatic nitrogens is 2. The summed E-state index contributed by atoms with van der Waals surface area (Å²) in [5.41, 5.74) is 1.36. The van der Waals surface area contributed by atoms with E-state index in [0.717, 1.165) is 0 Å². The highest BCUT2D eigenvalue weighted by Crippen LogP contribution is 2.12. The molecular weight excluding hydrogens is 280 g/mol. The first kappa shape index (κ1) is 20.3. The van der Waals surface area contributed by atoms with Gasteiger partial charge in [-0.2, -0.15) is 0 Å². The average Bonchev–Trinajstić information content (AvgIpc) is 2.86. The number of unbranched alkanes of at least 4 members (excludes halogenated alkanes) is 13. The van der Waals surface area contributed by atoms with Crippen LogP contribution in [0.4, 0.5) is 0 Å². The fraction of sp³-hybridized carbons (Fsp3) is 0.857. The van der Waals surface area contributed by atoms with Gasteiger partial charge in [-0.15, -0.1) is 0 Å². The van der Waals surface area contributed by atoms with E-state index < -0.39 is 0 Å². The van der Waals surface area contributed by atoms with E-state index in [2.05, 4.69) is 36.5 Å². The first-order valence-corrected chi connectivity index (χ1v) is 10.3. The SMILES string of the molecule is CCCCCCCCCCCCCCCC[n+]1c(C)c[nH]c1C. The third-order valence-corrected chi connectivity index (χ3v) is 5.06. The number of imidazole rings is 1. The molecule has 0 spiro atoms. The van der Waals surface area contributed by atoms with E-state index in [1.807, 2.05) is 0 Å². The molecule has 2 heteroatoms. The van der Waals surface area contributed by atoms with Gasteiger partial charge in [0.05, 0.1) is 6.54 Å². The van der Waals surface area contributed by atoms with Gasteiger partial charge in [0.1, 0.15) is 11.9 Å². The topological polar surface area (TPSA) is 19.7 Å². The van der Waals surface area contributed by atoms with Crippen molar-refractivity contribution in [1.82, 2.24) is 4.98 Å². The fourth-order valence-electron chi connectivity index (χ4n) is 3.44. The molecular formula is C21H41N2+. The van der Waals surface area contributed by atoms with Crippen molar-refractivity contribution in [3.8, 4) is 0 Å². The maximum atomic E-state index is 3.30. The van der Waals surface area contributed by atoms with E-state index in [0.29, 0.717) is 0 Å². The molecule has 2 nitrogen and oxygen atoms in total. The van der Waals surface area contributed by atoms with E-state index in [-0.39, 0.29) is 0 Å². The van der Waals surface area contributed by atoms with Crippen molar-refractivity contribution in [2.75, 3.05) is 0 Å². The Morgan fingerprint density at radius 1 is 0.696 bits per heavy atom. The number of rotatable bonds is 15. The summed E-state index contributed by atoms with van der Waals surface area (Å²) in [7, 11) is 0. The maximum Gasteiger partial charge on any atom is 0.251 e. The molecule has 23 heavy (non-hydrogen) atoms. The smallest absolute Gasteiger partial charge is 0.248 e. The Morgan fingerprint density at radius 2 is 1.13 bits per heavy atom. The summed E-state index contributed by atoms with van der Waals surface area (Å²) >= 11 is 0. The minimum atomic E-state index is 1.18. The predicted octanol–water partition coefficient (Wildman–Crippen LogP) is 6.40.